The molecule has 8 atom stereocenters. The summed E-state index contributed by atoms with van der Waals surface area (Å²) in [6, 6.07) is 3.07. The summed E-state index contributed by atoms with van der Waals surface area (Å²) in [7, 11) is 0. The number of anilines is 1. The van der Waals surface area contributed by atoms with Gasteiger partial charge in [0.2, 0.25) is 17.7 Å². The highest BCUT2D eigenvalue weighted by atomic mass is 35.5. The van der Waals surface area contributed by atoms with Gasteiger partial charge in [-0.1, -0.05) is 50.4 Å². The smallest absolute Gasteiger partial charge is 0.246 e. The number of morpholine rings is 1. The van der Waals surface area contributed by atoms with Crippen LogP contribution in [0, 0.1) is 29.5 Å². The molecular formula is C30H38ClFN4O5. The van der Waals surface area contributed by atoms with E-state index in [0.29, 0.717) is 43.8 Å². The molecule has 0 radical (unpaired) electrons. The molecule has 9 nitrogen and oxygen atoms in total. The van der Waals surface area contributed by atoms with Crippen LogP contribution in [-0.4, -0.2) is 90.7 Å². The van der Waals surface area contributed by atoms with E-state index in [1.54, 1.807) is 11.0 Å². The first-order chi connectivity index (χ1) is 19.7. The first kappa shape index (κ1) is 28.6. The van der Waals surface area contributed by atoms with E-state index in [2.05, 4.69) is 29.4 Å². The molecule has 1 saturated carbocycles. The number of amides is 3. The minimum absolute atomic E-state index is 0.0165. The van der Waals surface area contributed by atoms with Crippen molar-refractivity contribution in [2.24, 2.45) is 23.7 Å². The quantitative estimate of drug-likeness (QED) is 0.475. The maximum atomic E-state index is 14.2. The molecule has 6 rings (SSSR count). The Morgan fingerprint density at radius 3 is 2.68 bits per heavy atom. The molecule has 4 fully saturated rings. The molecule has 1 aromatic rings. The molecule has 0 unspecified atom stereocenters. The Balaban J connectivity index is 1.27. The van der Waals surface area contributed by atoms with Crippen LogP contribution in [0.3, 0.4) is 0 Å². The third-order valence-electron chi connectivity index (χ3n) is 9.91. The SMILES string of the molecule is C[C@@H]1[C@H](C)CCC[C@@H]1NC(=O)[C@@H]1N(CCN2CCOCC2)C(=O)[C@H]2[C@@H](C(=O)Nc3ccc(F)c(Cl)c3)[C@H]3C=C[C@@]12O3. The second kappa shape index (κ2) is 11.3. The maximum Gasteiger partial charge on any atom is 0.246 e. The van der Waals surface area contributed by atoms with Gasteiger partial charge in [-0.3, -0.25) is 19.3 Å². The van der Waals surface area contributed by atoms with Crippen LogP contribution in [0.1, 0.15) is 33.1 Å². The number of halogens is 2. The lowest BCUT2D eigenvalue weighted by Crippen LogP contribution is -2.58. The molecule has 4 heterocycles. The molecule has 0 aromatic heterocycles. The highest BCUT2D eigenvalue weighted by molar-refractivity contribution is 6.31. The zero-order valence-corrected chi connectivity index (χ0v) is 24.2. The Bertz CT molecular complexity index is 1240. The maximum absolute atomic E-state index is 14.2. The van der Waals surface area contributed by atoms with Crippen LogP contribution >= 0.6 is 11.6 Å². The number of ether oxygens (including phenoxy) is 2. The Morgan fingerprint density at radius 1 is 1.15 bits per heavy atom. The lowest BCUT2D eigenvalue weighted by atomic mass is 9.73. The topological polar surface area (TPSA) is 100 Å². The van der Waals surface area contributed by atoms with Gasteiger partial charge in [-0.15, -0.1) is 0 Å². The third-order valence-corrected chi connectivity index (χ3v) is 10.2. The fourth-order valence-corrected chi connectivity index (χ4v) is 7.61. The van der Waals surface area contributed by atoms with E-state index in [0.717, 1.165) is 32.4 Å². The van der Waals surface area contributed by atoms with Crippen LogP contribution in [0.2, 0.25) is 5.02 Å². The van der Waals surface area contributed by atoms with Crippen molar-refractivity contribution in [2.75, 3.05) is 44.7 Å². The van der Waals surface area contributed by atoms with E-state index in [-0.39, 0.29) is 22.9 Å². The standard InChI is InChI=1S/C30H38ClFN4O5/c1-17-4-3-5-22(18(17)2)34-28(38)26-30-9-8-23(41-30)24(27(37)33-19-6-7-21(32)20(31)16-19)25(30)29(39)36(26)11-10-35-12-14-40-15-13-35/h6-9,16-18,22-26H,3-5,10-15H2,1-2H3,(H,33,37)(H,34,38)/t17-,18-,22+,23-,24+,25-,26+,30+/m1/s1. The Kier molecular flexibility index (Phi) is 7.86. The van der Waals surface area contributed by atoms with Crippen LogP contribution in [0.15, 0.2) is 30.4 Å². The number of hydrogen-bond donors (Lipinski definition) is 2. The summed E-state index contributed by atoms with van der Waals surface area (Å²) in [6.45, 7) is 8.10. The first-order valence-electron chi connectivity index (χ1n) is 14.7. The van der Waals surface area contributed by atoms with Crippen LogP contribution in [0.4, 0.5) is 10.1 Å². The molecule has 1 aromatic carbocycles. The number of fused-ring (bicyclic) bond motifs is 1. The predicted molar refractivity (Wildman–Crippen MR) is 151 cm³/mol. The summed E-state index contributed by atoms with van der Waals surface area (Å²) in [6.07, 6.45) is 6.05. The van der Waals surface area contributed by atoms with Crippen molar-refractivity contribution < 1.29 is 28.2 Å². The van der Waals surface area contributed by atoms with Crippen molar-refractivity contribution in [3.63, 3.8) is 0 Å². The van der Waals surface area contributed by atoms with Crippen molar-refractivity contribution in [3.05, 3.63) is 41.2 Å². The Labute approximate surface area is 244 Å². The minimum Gasteiger partial charge on any atom is -0.379 e. The predicted octanol–water partition coefficient (Wildman–Crippen LogP) is 2.84. The van der Waals surface area contributed by atoms with E-state index in [1.165, 1.54) is 18.2 Å². The molecule has 4 aliphatic heterocycles. The zero-order chi connectivity index (χ0) is 28.9. The number of benzene rings is 1. The van der Waals surface area contributed by atoms with Gasteiger partial charge in [-0.25, -0.2) is 4.39 Å². The molecule has 3 saturated heterocycles. The number of carbonyl (C=O) groups excluding carboxylic acids is 3. The van der Waals surface area contributed by atoms with E-state index in [4.69, 9.17) is 21.1 Å². The summed E-state index contributed by atoms with van der Waals surface area (Å²) in [5.74, 6) is -2.38. The molecule has 2 N–H and O–H groups in total. The van der Waals surface area contributed by atoms with E-state index < -0.39 is 41.3 Å². The van der Waals surface area contributed by atoms with Gasteiger partial charge >= 0.3 is 0 Å². The van der Waals surface area contributed by atoms with E-state index in [1.807, 2.05) is 6.08 Å². The fraction of sp³-hybridized carbons (Fsp3) is 0.633. The van der Waals surface area contributed by atoms with Crippen LogP contribution in [0.25, 0.3) is 0 Å². The zero-order valence-electron chi connectivity index (χ0n) is 23.5. The van der Waals surface area contributed by atoms with Gasteiger partial charge in [0.25, 0.3) is 0 Å². The van der Waals surface area contributed by atoms with Crippen molar-refractivity contribution in [1.82, 2.24) is 15.1 Å². The summed E-state index contributed by atoms with van der Waals surface area (Å²) in [5, 5.41) is 5.96. The van der Waals surface area contributed by atoms with Gasteiger partial charge in [0, 0.05) is 37.9 Å². The molecule has 222 valence electrons. The van der Waals surface area contributed by atoms with E-state index in [9.17, 15) is 18.8 Å². The number of rotatable bonds is 7. The molecule has 11 heteroatoms. The fourth-order valence-electron chi connectivity index (χ4n) is 7.43. The van der Waals surface area contributed by atoms with Crippen LogP contribution in [-0.2, 0) is 23.9 Å². The van der Waals surface area contributed by atoms with Crippen molar-refractivity contribution in [1.29, 1.82) is 0 Å². The van der Waals surface area contributed by atoms with Crippen molar-refractivity contribution in [3.8, 4) is 0 Å². The molecule has 5 aliphatic rings. The van der Waals surface area contributed by atoms with Gasteiger partial charge in [-0.05, 0) is 36.5 Å². The molecule has 3 amide bonds. The van der Waals surface area contributed by atoms with Crippen LogP contribution < -0.4 is 10.6 Å². The normalized spacial score (nSPS) is 36.4. The monoisotopic (exact) mass is 588 g/mol. The largest absolute Gasteiger partial charge is 0.379 e. The summed E-state index contributed by atoms with van der Waals surface area (Å²) in [4.78, 5) is 45.8. The molecule has 41 heavy (non-hydrogen) atoms. The highest BCUT2D eigenvalue weighted by Crippen LogP contribution is 2.55. The van der Waals surface area contributed by atoms with Gasteiger partial charge < -0.3 is 25.0 Å². The van der Waals surface area contributed by atoms with Gasteiger partial charge in [0.05, 0.1) is 36.2 Å². The number of hydrogen-bond acceptors (Lipinski definition) is 6. The van der Waals surface area contributed by atoms with Crippen LogP contribution in [0.5, 0.6) is 0 Å². The number of carbonyl (C=O) groups is 3. The van der Waals surface area contributed by atoms with Crippen molar-refractivity contribution in [2.45, 2.75) is 56.9 Å². The molecule has 1 spiro atoms. The number of nitrogens with zero attached hydrogens (tertiary/aromatic N) is 2. The summed E-state index contributed by atoms with van der Waals surface area (Å²) >= 11 is 5.92. The Hall–Kier alpha value is -2.53. The summed E-state index contributed by atoms with van der Waals surface area (Å²) in [5.41, 5.74) is -0.908. The Morgan fingerprint density at radius 2 is 1.93 bits per heavy atom. The van der Waals surface area contributed by atoms with E-state index >= 15 is 0 Å². The second-order valence-corrected chi connectivity index (χ2v) is 12.6. The highest BCUT2D eigenvalue weighted by Gasteiger charge is 2.72. The average Bonchev–Trinajstić information content (AvgIpc) is 3.60. The van der Waals surface area contributed by atoms with Gasteiger partial charge in [-0.2, -0.15) is 0 Å². The number of nitrogens with one attached hydrogen (secondary N) is 2. The minimum atomic E-state index is -1.23. The molecule has 2 bridgehead atoms. The lowest BCUT2D eigenvalue weighted by molar-refractivity contribution is -0.142. The van der Waals surface area contributed by atoms with Gasteiger partial charge in [0.1, 0.15) is 17.5 Å². The molecular weight excluding hydrogens is 551 g/mol. The first-order valence-corrected chi connectivity index (χ1v) is 15.1. The third kappa shape index (κ3) is 5.07. The molecule has 1 aliphatic carbocycles. The van der Waals surface area contributed by atoms with Crippen molar-refractivity contribution >= 4 is 35.0 Å². The number of likely N-dealkylation sites (tertiary alicyclic amines) is 1. The van der Waals surface area contributed by atoms with Gasteiger partial charge in [0.15, 0.2) is 0 Å². The summed E-state index contributed by atoms with van der Waals surface area (Å²) < 4.78 is 25.6. The second-order valence-electron chi connectivity index (χ2n) is 12.2. The average molecular weight is 589 g/mol. The lowest BCUT2D eigenvalue weighted by Gasteiger charge is -2.38.